The maximum Gasteiger partial charge on any atom is 0.257 e. The standard InChI is InChI=1S/C23H25N3O6S/c1-13-6-7-18(14(2)8-13)26-22(16-11-33(28,29)12-17(16)25-26)24-23(27)15-9-19(30-3)21(32-5)20(10-15)31-4/h6-10H,11-12H2,1-5H3,(H,24,27). The lowest BCUT2D eigenvalue weighted by molar-refractivity contribution is 0.102. The molecule has 0 aliphatic carbocycles. The van der Waals surface area contributed by atoms with E-state index in [1.807, 2.05) is 32.0 Å². The summed E-state index contributed by atoms with van der Waals surface area (Å²) in [6.07, 6.45) is 0. The molecule has 0 saturated heterocycles. The van der Waals surface area contributed by atoms with Crippen LogP contribution in [0.15, 0.2) is 30.3 Å². The fourth-order valence-electron chi connectivity index (χ4n) is 3.98. The van der Waals surface area contributed by atoms with Gasteiger partial charge in [0.15, 0.2) is 21.3 Å². The molecule has 174 valence electrons. The molecule has 0 bridgehead atoms. The Labute approximate surface area is 192 Å². The average molecular weight is 472 g/mol. The van der Waals surface area contributed by atoms with E-state index in [0.717, 1.165) is 16.8 Å². The highest BCUT2D eigenvalue weighted by Crippen LogP contribution is 2.39. The Morgan fingerprint density at radius 1 is 1.00 bits per heavy atom. The van der Waals surface area contributed by atoms with E-state index < -0.39 is 15.7 Å². The van der Waals surface area contributed by atoms with Crippen molar-refractivity contribution in [2.75, 3.05) is 26.6 Å². The van der Waals surface area contributed by atoms with Gasteiger partial charge in [0.2, 0.25) is 5.75 Å². The molecule has 9 nitrogen and oxygen atoms in total. The largest absolute Gasteiger partial charge is 0.493 e. The van der Waals surface area contributed by atoms with Gasteiger partial charge in [-0.15, -0.1) is 0 Å². The smallest absolute Gasteiger partial charge is 0.257 e. The molecule has 1 aliphatic heterocycles. The van der Waals surface area contributed by atoms with Crippen LogP contribution in [0.1, 0.15) is 32.7 Å². The van der Waals surface area contributed by atoms with Gasteiger partial charge < -0.3 is 19.5 Å². The number of nitrogens with one attached hydrogen (secondary N) is 1. The minimum absolute atomic E-state index is 0.159. The highest BCUT2D eigenvalue weighted by atomic mass is 32.2. The van der Waals surface area contributed by atoms with Crippen LogP contribution in [0.5, 0.6) is 17.2 Å². The Balaban J connectivity index is 1.80. The van der Waals surface area contributed by atoms with E-state index in [2.05, 4.69) is 10.4 Å². The van der Waals surface area contributed by atoms with Gasteiger partial charge in [-0.2, -0.15) is 5.10 Å². The summed E-state index contributed by atoms with van der Waals surface area (Å²) in [5.74, 6) is 0.550. The molecule has 2 aromatic carbocycles. The molecule has 4 rings (SSSR count). The van der Waals surface area contributed by atoms with Crippen molar-refractivity contribution in [2.24, 2.45) is 0 Å². The van der Waals surface area contributed by atoms with Crippen LogP contribution in [0.2, 0.25) is 0 Å². The summed E-state index contributed by atoms with van der Waals surface area (Å²) in [6, 6.07) is 8.91. The van der Waals surface area contributed by atoms with Crippen LogP contribution in [0.3, 0.4) is 0 Å². The number of anilines is 1. The molecule has 0 unspecified atom stereocenters. The van der Waals surface area contributed by atoms with Crippen molar-refractivity contribution in [3.05, 3.63) is 58.3 Å². The van der Waals surface area contributed by atoms with Crippen LogP contribution < -0.4 is 19.5 Å². The molecular formula is C23H25N3O6S. The van der Waals surface area contributed by atoms with Crippen LogP contribution in [0.25, 0.3) is 5.69 Å². The van der Waals surface area contributed by atoms with Crippen molar-refractivity contribution in [3.8, 4) is 22.9 Å². The summed E-state index contributed by atoms with van der Waals surface area (Å²) in [7, 11) is 1.09. The molecule has 1 amide bonds. The fraction of sp³-hybridized carbons (Fsp3) is 0.304. The number of ether oxygens (including phenoxy) is 3. The summed E-state index contributed by atoms with van der Waals surface area (Å²) in [5.41, 5.74) is 3.98. The molecule has 0 spiro atoms. The number of carbonyl (C=O) groups excluding carboxylic acids is 1. The van der Waals surface area contributed by atoms with Crippen molar-refractivity contribution < 1.29 is 27.4 Å². The number of hydrogen-bond acceptors (Lipinski definition) is 7. The molecule has 1 aliphatic rings. The quantitative estimate of drug-likeness (QED) is 0.588. The maximum atomic E-state index is 13.3. The first-order valence-electron chi connectivity index (χ1n) is 10.2. The number of nitrogens with zero attached hydrogens (tertiary/aromatic N) is 2. The van der Waals surface area contributed by atoms with E-state index in [1.165, 1.54) is 33.5 Å². The van der Waals surface area contributed by atoms with Crippen molar-refractivity contribution >= 4 is 21.6 Å². The molecular weight excluding hydrogens is 446 g/mol. The highest BCUT2D eigenvalue weighted by Gasteiger charge is 2.33. The Morgan fingerprint density at radius 3 is 2.24 bits per heavy atom. The predicted molar refractivity (Wildman–Crippen MR) is 123 cm³/mol. The molecule has 2 heterocycles. The summed E-state index contributed by atoms with van der Waals surface area (Å²) in [4.78, 5) is 13.3. The van der Waals surface area contributed by atoms with Crippen LogP contribution in [-0.2, 0) is 21.3 Å². The molecule has 0 radical (unpaired) electrons. The lowest BCUT2D eigenvalue weighted by atomic mass is 10.1. The zero-order valence-electron chi connectivity index (χ0n) is 19.1. The molecule has 10 heteroatoms. The third-order valence-corrected chi connectivity index (χ3v) is 6.97. The topological polar surface area (TPSA) is 109 Å². The number of carbonyl (C=O) groups is 1. The number of methoxy groups -OCH3 is 3. The number of rotatable bonds is 6. The van der Waals surface area contributed by atoms with Crippen LogP contribution in [-0.4, -0.2) is 45.4 Å². The van der Waals surface area contributed by atoms with Crippen molar-refractivity contribution in [3.63, 3.8) is 0 Å². The number of benzene rings is 2. The minimum atomic E-state index is -3.31. The number of aryl methyl sites for hydroxylation is 2. The van der Waals surface area contributed by atoms with Gasteiger partial charge in [-0.1, -0.05) is 17.7 Å². The van der Waals surface area contributed by atoms with E-state index in [1.54, 1.807) is 4.68 Å². The Morgan fingerprint density at radius 2 is 1.67 bits per heavy atom. The van der Waals surface area contributed by atoms with Gasteiger partial charge >= 0.3 is 0 Å². The summed E-state index contributed by atoms with van der Waals surface area (Å²) in [5, 5.41) is 7.41. The maximum absolute atomic E-state index is 13.3. The normalized spacial score (nSPS) is 14.0. The van der Waals surface area contributed by atoms with Gasteiger partial charge in [-0.25, -0.2) is 13.1 Å². The first-order valence-corrected chi connectivity index (χ1v) is 12.0. The average Bonchev–Trinajstić information content (AvgIpc) is 3.24. The first kappa shape index (κ1) is 22.7. The van der Waals surface area contributed by atoms with Crippen LogP contribution in [0, 0.1) is 13.8 Å². The summed E-state index contributed by atoms with van der Waals surface area (Å²) >= 11 is 0. The predicted octanol–water partition coefficient (Wildman–Crippen LogP) is 3.20. The molecule has 0 atom stereocenters. The second-order valence-corrected chi connectivity index (χ2v) is 9.94. The number of fused-ring (bicyclic) bond motifs is 1. The number of amides is 1. The van der Waals surface area contributed by atoms with E-state index in [4.69, 9.17) is 14.2 Å². The highest BCUT2D eigenvalue weighted by molar-refractivity contribution is 7.90. The number of hydrogen-bond donors (Lipinski definition) is 1. The van der Waals surface area contributed by atoms with Gasteiger partial charge in [0.1, 0.15) is 5.82 Å². The van der Waals surface area contributed by atoms with Crippen molar-refractivity contribution in [1.29, 1.82) is 0 Å². The third-order valence-electron chi connectivity index (χ3n) is 5.53. The van der Waals surface area contributed by atoms with E-state index in [-0.39, 0.29) is 17.1 Å². The SMILES string of the molecule is COc1cc(C(=O)Nc2c3c(nn2-c2ccc(C)cc2C)CS(=O)(=O)C3)cc(OC)c1OC. The molecule has 0 saturated carbocycles. The fourth-order valence-corrected chi connectivity index (χ4v) is 5.47. The third kappa shape index (κ3) is 4.13. The lowest BCUT2D eigenvalue weighted by Gasteiger charge is -2.16. The minimum Gasteiger partial charge on any atom is -0.493 e. The number of sulfone groups is 1. The van der Waals surface area contributed by atoms with Gasteiger partial charge in [-0.05, 0) is 37.6 Å². The van der Waals surface area contributed by atoms with Gasteiger partial charge in [0, 0.05) is 11.1 Å². The van der Waals surface area contributed by atoms with E-state index in [9.17, 15) is 13.2 Å². The summed E-state index contributed by atoms with van der Waals surface area (Å²) < 4.78 is 42.1. The van der Waals surface area contributed by atoms with Gasteiger partial charge in [0.25, 0.3) is 5.91 Å². The van der Waals surface area contributed by atoms with E-state index >= 15 is 0 Å². The zero-order valence-corrected chi connectivity index (χ0v) is 19.9. The van der Waals surface area contributed by atoms with Crippen molar-refractivity contribution in [2.45, 2.75) is 25.4 Å². The van der Waals surface area contributed by atoms with E-state index in [0.29, 0.717) is 34.3 Å². The summed E-state index contributed by atoms with van der Waals surface area (Å²) in [6.45, 7) is 3.93. The Hall–Kier alpha value is -3.53. The van der Waals surface area contributed by atoms with Crippen LogP contribution >= 0.6 is 0 Å². The molecule has 3 aromatic rings. The second-order valence-electron chi connectivity index (χ2n) is 7.88. The van der Waals surface area contributed by atoms with Gasteiger partial charge in [-0.3, -0.25) is 4.79 Å². The second kappa shape index (κ2) is 8.43. The Bertz CT molecular complexity index is 1340. The monoisotopic (exact) mass is 471 g/mol. The lowest BCUT2D eigenvalue weighted by Crippen LogP contribution is -2.17. The Kier molecular flexibility index (Phi) is 5.79. The zero-order chi connectivity index (χ0) is 23.9. The van der Waals surface area contributed by atoms with Crippen molar-refractivity contribution in [1.82, 2.24) is 9.78 Å². The molecule has 0 fully saturated rings. The molecule has 33 heavy (non-hydrogen) atoms. The number of aromatic nitrogens is 2. The first-order chi connectivity index (χ1) is 15.7. The van der Waals surface area contributed by atoms with Gasteiger partial charge in [0.05, 0.1) is 44.2 Å². The molecule has 1 aromatic heterocycles. The van der Waals surface area contributed by atoms with Crippen LogP contribution in [0.4, 0.5) is 5.82 Å². The molecule has 1 N–H and O–H groups in total.